The maximum Gasteiger partial charge on any atom is 0.273 e. The standard InChI is InChI=1S/C25H20Cl2N2OS/c26-21-12-7-13-22(27)20(21)14-24-28-23(17-31-24)25(30)29(15-18-8-3-1-4-9-18)16-19-10-5-2-6-11-19/h1-13,17H,14-16H2. The number of rotatable bonds is 7. The average Bonchev–Trinajstić information content (AvgIpc) is 3.26. The Kier molecular flexibility index (Phi) is 7.03. The lowest BCUT2D eigenvalue weighted by atomic mass is 10.1. The van der Waals surface area contributed by atoms with Gasteiger partial charge in [0.15, 0.2) is 0 Å². The summed E-state index contributed by atoms with van der Waals surface area (Å²) in [6.45, 7) is 1.02. The van der Waals surface area contributed by atoms with E-state index in [1.165, 1.54) is 11.3 Å². The third-order valence-electron chi connectivity index (χ3n) is 4.88. The van der Waals surface area contributed by atoms with Crippen molar-refractivity contribution in [2.45, 2.75) is 19.5 Å². The molecule has 0 aliphatic rings. The molecule has 0 spiro atoms. The molecule has 0 aliphatic carbocycles. The quantitative estimate of drug-likeness (QED) is 0.297. The van der Waals surface area contributed by atoms with E-state index in [2.05, 4.69) is 4.98 Å². The normalized spacial score (nSPS) is 10.8. The monoisotopic (exact) mass is 466 g/mol. The number of carbonyl (C=O) groups is 1. The van der Waals surface area contributed by atoms with Crippen molar-refractivity contribution in [1.29, 1.82) is 0 Å². The van der Waals surface area contributed by atoms with Crippen LogP contribution in [0, 0.1) is 0 Å². The molecule has 6 heteroatoms. The van der Waals surface area contributed by atoms with E-state index in [1.807, 2.05) is 89.1 Å². The van der Waals surface area contributed by atoms with Crippen molar-refractivity contribution >= 4 is 40.4 Å². The molecule has 0 fully saturated rings. The van der Waals surface area contributed by atoms with Gasteiger partial charge in [-0.25, -0.2) is 4.98 Å². The predicted octanol–water partition coefficient (Wildman–Crippen LogP) is 6.88. The van der Waals surface area contributed by atoms with Crippen LogP contribution in [0.4, 0.5) is 0 Å². The number of halogens is 2. The Labute approximate surface area is 195 Å². The predicted molar refractivity (Wildman–Crippen MR) is 128 cm³/mol. The zero-order chi connectivity index (χ0) is 21.6. The van der Waals surface area contributed by atoms with Gasteiger partial charge in [0.1, 0.15) is 5.69 Å². The summed E-state index contributed by atoms with van der Waals surface area (Å²) in [7, 11) is 0. The van der Waals surface area contributed by atoms with Crippen LogP contribution in [0.5, 0.6) is 0 Å². The van der Waals surface area contributed by atoms with Crippen LogP contribution in [0.25, 0.3) is 0 Å². The summed E-state index contributed by atoms with van der Waals surface area (Å²) in [5.74, 6) is -0.0968. The van der Waals surface area contributed by atoms with Gasteiger partial charge < -0.3 is 4.90 Å². The Bertz CT molecular complexity index is 1100. The van der Waals surface area contributed by atoms with Crippen LogP contribution in [0.3, 0.4) is 0 Å². The number of carbonyl (C=O) groups excluding carboxylic acids is 1. The van der Waals surface area contributed by atoms with Crippen molar-refractivity contribution in [3.05, 3.63) is 122 Å². The highest BCUT2D eigenvalue weighted by Crippen LogP contribution is 2.28. The highest BCUT2D eigenvalue weighted by molar-refractivity contribution is 7.09. The zero-order valence-electron chi connectivity index (χ0n) is 16.7. The molecule has 1 amide bonds. The summed E-state index contributed by atoms with van der Waals surface area (Å²) in [5.41, 5.74) is 3.41. The second-order valence-electron chi connectivity index (χ2n) is 7.14. The van der Waals surface area contributed by atoms with Gasteiger partial charge in [-0.05, 0) is 28.8 Å². The van der Waals surface area contributed by atoms with E-state index < -0.39 is 0 Å². The van der Waals surface area contributed by atoms with Gasteiger partial charge in [0.25, 0.3) is 5.91 Å². The SMILES string of the molecule is O=C(c1csc(Cc2c(Cl)cccc2Cl)n1)N(Cc1ccccc1)Cc1ccccc1. The Hall–Kier alpha value is -2.66. The molecule has 1 aromatic heterocycles. The van der Waals surface area contributed by atoms with Crippen LogP contribution in [0.15, 0.2) is 84.2 Å². The van der Waals surface area contributed by atoms with E-state index in [-0.39, 0.29) is 5.91 Å². The first kappa shape index (κ1) is 21.6. The maximum atomic E-state index is 13.4. The molecule has 3 aromatic carbocycles. The molecule has 0 aliphatic heterocycles. The molecule has 156 valence electrons. The van der Waals surface area contributed by atoms with Crippen molar-refractivity contribution in [3.8, 4) is 0 Å². The largest absolute Gasteiger partial charge is 0.329 e. The first-order valence-electron chi connectivity index (χ1n) is 9.84. The average molecular weight is 467 g/mol. The summed E-state index contributed by atoms with van der Waals surface area (Å²) < 4.78 is 0. The molecule has 1 heterocycles. The fraction of sp³-hybridized carbons (Fsp3) is 0.120. The van der Waals surface area contributed by atoms with Gasteiger partial charge in [0, 0.05) is 34.9 Å². The summed E-state index contributed by atoms with van der Waals surface area (Å²) in [6, 6.07) is 25.4. The van der Waals surface area contributed by atoms with Crippen LogP contribution < -0.4 is 0 Å². The molecule has 3 nitrogen and oxygen atoms in total. The Morgan fingerprint density at radius 2 is 1.35 bits per heavy atom. The molecule has 0 unspecified atom stereocenters. The van der Waals surface area contributed by atoms with Gasteiger partial charge >= 0.3 is 0 Å². The van der Waals surface area contributed by atoms with E-state index >= 15 is 0 Å². The molecule has 0 saturated carbocycles. The van der Waals surface area contributed by atoms with Crippen molar-refractivity contribution < 1.29 is 4.79 Å². The fourth-order valence-electron chi connectivity index (χ4n) is 3.31. The van der Waals surface area contributed by atoms with Crippen molar-refractivity contribution in [2.75, 3.05) is 0 Å². The smallest absolute Gasteiger partial charge is 0.273 e. The van der Waals surface area contributed by atoms with Crippen molar-refractivity contribution in [1.82, 2.24) is 9.88 Å². The van der Waals surface area contributed by atoms with Crippen molar-refractivity contribution in [2.24, 2.45) is 0 Å². The van der Waals surface area contributed by atoms with E-state index in [0.29, 0.717) is 35.2 Å². The topological polar surface area (TPSA) is 33.2 Å². The van der Waals surface area contributed by atoms with Gasteiger partial charge in [-0.3, -0.25) is 4.79 Å². The number of thiazole rings is 1. The fourth-order valence-corrected chi connectivity index (χ4v) is 4.62. The molecule has 31 heavy (non-hydrogen) atoms. The van der Waals surface area contributed by atoms with Crippen LogP contribution in [0.2, 0.25) is 10.0 Å². The molecule has 0 saturated heterocycles. The molecule has 0 bridgehead atoms. The lowest BCUT2D eigenvalue weighted by Crippen LogP contribution is -2.30. The Morgan fingerprint density at radius 3 is 1.90 bits per heavy atom. The second-order valence-corrected chi connectivity index (χ2v) is 8.89. The van der Waals surface area contributed by atoms with Crippen LogP contribution in [-0.2, 0) is 19.5 Å². The zero-order valence-corrected chi connectivity index (χ0v) is 19.0. The third kappa shape index (κ3) is 5.53. The van der Waals surface area contributed by atoms with Crippen LogP contribution in [0.1, 0.15) is 32.2 Å². The van der Waals surface area contributed by atoms with E-state index in [1.54, 1.807) is 0 Å². The van der Waals surface area contributed by atoms with Crippen molar-refractivity contribution in [3.63, 3.8) is 0 Å². The van der Waals surface area contributed by atoms with E-state index in [4.69, 9.17) is 23.2 Å². The molecule has 0 radical (unpaired) electrons. The van der Waals surface area contributed by atoms with Gasteiger partial charge in [0.2, 0.25) is 0 Å². The number of amides is 1. The highest BCUT2D eigenvalue weighted by atomic mass is 35.5. The first-order valence-corrected chi connectivity index (χ1v) is 11.5. The molecular formula is C25H20Cl2N2OS. The minimum absolute atomic E-state index is 0.0968. The second kappa shape index (κ2) is 10.1. The van der Waals surface area contributed by atoms with E-state index in [9.17, 15) is 4.79 Å². The summed E-state index contributed by atoms with van der Waals surface area (Å²) in [5, 5.41) is 3.82. The summed E-state index contributed by atoms with van der Waals surface area (Å²) in [4.78, 5) is 19.8. The van der Waals surface area contributed by atoms with E-state index in [0.717, 1.165) is 21.7 Å². The van der Waals surface area contributed by atoms with Gasteiger partial charge in [0.05, 0.1) is 5.01 Å². The van der Waals surface area contributed by atoms with Crippen LogP contribution in [-0.4, -0.2) is 15.8 Å². The van der Waals surface area contributed by atoms with Gasteiger partial charge in [-0.1, -0.05) is 89.9 Å². The Morgan fingerprint density at radius 1 is 0.806 bits per heavy atom. The molecular weight excluding hydrogens is 447 g/mol. The summed E-state index contributed by atoms with van der Waals surface area (Å²) in [6.07, 6.45) is 0.494. The summed E-state index contributed by atoms with van der Waals surface area (Å²) >= 11 is 14.0. The number of aromatic nitrogens is 1. The maximum absolute atomic E-state index is 13.4. The highest BCUT2D eigenvalue weighted by Gasteiger charge is 2.20. The number of hydrogen-bond donors (Lipinski definition) is 0. The van der Waals surface area contributed by atoms with Gasteiger partial charge in [-0.15, -0.1) is 11.3 Å². The molecule has 0 N–H and O–H groups in total. The third-order valence-corrected chi connectivity index (χ3v) is 6.44. The minimum Gasteiger partial charge on any atom is -0.329 e. The first-order chi connectivity index (χ1) is 15.1. The molecule has 4 aromatic rings. The minimum atomic E-state index is -0.0968. The van der Waals surface area contributed by atoms with Gasteiger partial charge in [-0.2, -0.15) is 0 Å². The number of benzene rings is 3. The Balaban J connectivity index is 1.56. The lowest BCUT2D eigenvalue weighted by Gasteiger charge is -2.22. The van der Waals surface area contributed by atoms with Crippen LogP contribution >= 0.6 is 34.5 Å². The molecule has 0 atom stereocenters. The number of hydrogen-bond acceptors (Lipinski definition) is 3. The lowest BCUT2D eigenvalue weighted by molar-refractivity contribution is 0.0724. The molecule has 4 rings (SSSR count). The number of nitrogens with zero attached hydrogens (tertiary/aromatic N) is 2.